The molecular formula is C38H38Cl2Zr. The molecule has 0 nitrogen and oxygen atoms in total. The van der Waals surface area contributed by atoms with Gasteiger partial charge in [0.15, 0.2) is 0 Å². The molecule has 0 saturated carbocycles. The molecule has 0 aliphatic rings. The number of halogens is 2. The molecule has 0 radical (unpaired) electrons. The van der Waals surface area contributed by atoms with Crippen LogP contribution in [-0.2, 0) is 51.9 Å². The largest absolute Gasteiger partial charge is 4.00 e. The third-order valence-corrected chi connectivity index (χ3v) is 7.78. The van der Waals surface area contributed by atoms with E-state index in [1.54, 1.807) is 0 Å². The van der Waals surface area contributed by atoms with Gasteiger partial charge in [-0.3, -0.25) is 0 Å². The van der Waals surface area contributed by atoms with E-state index >= 15 is 0 Å². The van der Waals surface area contributed by atoms with Gasteiger partial charge in [-0.25, -0.2) is 0 Å². The quantitative estimate of drug-likeness (QED) is 0.228. The number of benzene rings is 4. The number of aryl methyl sites for hydroxylation is 4. The summed E-state index contributed by atoms with van der Waals surface area (Å²) in [6.45, 7) is 8.81. The Balaban J connectivity index is 0.000000267. The van der Waals surface area contributed by atoms with Crippen molar-refractivity contribution >= 4 is 21.5 Å². The van der Waals surface area contributed by atoms with Crippen molar-refractivity contribution in [3.8, 4) is 22.3 Å². The first kappa shape index (κ1) is 34.8. The van der Waals surface area contributed by atoms with E-state index in [0.717, 1.165) is 25.7 Å². The minimum Gasteiger partial charge on any atom is -1.00 e. The average molecular weight is 657 g/mol. The van der Waals surface area contributed by atoms with Crippen molar-refractivity contribution in [2.45, 2.75) is 53.4 Å². The van der Waals surface area contributed by atoms with E-state index < -0.39 is 0 Å². The van der Waals surface area contributed by atoms with Crippen molar-refractivity contribution < 1.29 is 51.0 Å². The van der Waals surface area contributed by atoms with Crippen molar-refractivity contribution in [1.29, 1.82) is 0 Å². The topological polar surface area (TPSA) is 0 Å². The van der Waals surface area contributed by atoms with E-state index in [9.17, 15) is 0 Å². The summed E-state index contributed by atoms with van der Waals surface area (Å²) in [5.41, 5.74) is 11.0. The summed E-state index contributed by atoms with van der Waals surface area (Å²) in [5, 5.41) is 5.47. The molecule has 6 rings (SSSR count). The third-order valence-electron chi connectivity index (χ3n) is 7.78. The van der Waals surface area contributed by atoms with E-state index in [1.165, 1.54) is 66.1 Å². The zero-order chi connectivity index (χ0) is 26.5. The first-order valence-corrected chi connectivity index (χ1v) is 14.2. The number of rotatable bonds is 6. The third kappa shape index (κ3) is 7.90. The van der Waals surface area contributed by atoms with Gasteiger partial charge in [0.05, 0.1) is 0 Å². The molecular weight excluding hydrogens is 619 g/mol. The number of hydrogen-bond acceptors (Lipinski definition) is 0. The van der Waals surface area contributed by atoms with Crippen molar-refractivity contribution in [2.75, 3.05) is 0 Å². The van der Waals surface area contributed by atoms with Crippen LogP contribution in [0.15, 0.2) is 109 Å². The predicted octanol–water partition coefficient (Wildman–Crippen LogP) is 4.71. The summed E-state index contributed by atoms with van der Waals surface area (Å²) in [6, 6.07) is 40.4. The zero-order valence-corrected chi connectivity index (χ0v) is 28.4. The maximum Gasteiger partial charge on any atom is 4.00 e. The summed E-state index contributed by atoms with van der Waals surface area (Å²) in [5.74, 6) is 0. The van der Waals surface area contributed by atoms with E-state index in [2.05, 4.69) is 137 Å². The molecule has 41 heavy (non-hydrogen) atoms. The summed E-state index contributed by atoms with van der Waals surface area (Å²) in [6.07, 6.45) is 4.40. The molecule has 0 amide bonds. The normalized spacial score (nSPS) is 10.2. The van der Waals surface area contributed by atoms with Gasteiger partial charge in [-0.15, -0.1) is 69.1 Å². The second kappa shape index (κ2) is 16.3. The van der Waals surface area contributed by atoms with Crippen LogP contribution in [0.2, 0.25) is 0 Å². The molecule has 0 atom stereocenters. The Bertz CT molecular complexity index is 1510. The molecule has 0 aliphatic heterocycles. The molecule has 0 aromatic heterocycles. The van der Waals surface area contributed by atoms with Crippen LogP contribution in [0, 0.1) is 0 Å². The minimum atomic E-state index is 0. The Morgan fingerprint density at radius 3 is 1.15 bits per heavy atom. The fourth-order valence-electron chi connectivity index (χ4n) is 5.35. The molecule has 0 aliphatic carbocycles. The Hall–Kier alpha value is -2.44. The van der Waals surface area contributed by atoms with Crippen LogP contribution < -0.4 is 24.8 Å². The van der Waals surface area contributed by atoms with Crippen molar-refractivity contribution in [2.24, 2.45) is 0 Å². The smallest absolute Gasteiger partial charge is 1.00 e. The van der Waals surface area contributed by atoms with Crippen LogP contribution in [0.25, 0.3) is 43.8 Å². The Labute approximate surface area is 277 Å². The van der Waals surface area contributed by atoms with Gasteiger partial charge >= 0.3 is 26.2 Å². The average Bonchev–Trinajstić information content (AvgIpc) is 3.61. The van der Waals surface area contributed by atoms with Gasteiger partial charge in [-0.05, 0) is 47.9 Å². The Morgan fingerprint density at radius 1 is 0.463 bits per heavy atom. The summed E-state index contributed by atoms with van der Waals surface area (Å²) < 4.78 is 0. The van der Waals surface area contributed by atoms with Gasteiger partial charge in [0, 0.05) is 0 Å². The van der Waals surface area contributed by atoms with Gasteiger partial charge < -0.3 is 24.8 Å². The molecule has 0 heterocycles. The van der Waals surface area contributed by atoms with Crippen LogP contribution in [0.1, 0.15) is 49.9 Å². The van der Waals surface area contributed by atoms with Crippen molar-refractivity contribution in [3.05, 3.63) is 131 Å². The van der Waals surface area contributed by atoms with Gasteiger partial charge in [-0.2, -0.15) is 12.1 Å². The standard InChI is InChI=1S/2C19H19.2ClH.Zr/c2*1-3-14-8-10-16(11-9-14)18-7-5-6-17-12-15(4-2)13-19(17)18;;;/h2*5-13H,3-4H2,1-2H3;2*1H;/q2*-1;;;+4/p-2. The van der Waals surface area contributed by atoms with Gasteiger partial charge in [0.25, 0.3) is 0 Å². The number of hydrogen-bond donors (Lipinski definition) is 0. The van der Waals surface area contributed by atoms with Crippen LogP contribution in [-0.4, -0.2) is 0 Å². The SMILES string of the molecule is CCc1ccc(-c2cccc3[cH-]c(CC)cc23)cc1.CCc1ccc(-c2cccc3[cH-]c(CC)cc23)cc1.[Cl-].[Cl-].[Zr+4]. The second-order valence-corrected chi connectivity index (χ2v) is 10.2. The molecule has 0 saturated heterocycles. The molecule has 6 aromatic carbocycles. The molecule has 0 N–H and O–H groups in total. The van der Waals surface area contributed by atoms with Crippen molar-refractivity contribution in [3.63, 3.8) is 0 Å². The Kier molecular flexibility index (Phi) is 13.8. The van der Waals surface area contributed by atoms with E-state index in [-0.39, 0.29) is 51.0 Å². The Morgan fingerprint density at radius 2 is 0.829 bits per heavy atom. The van der Waals surface area contributed by atoms with Gasteiger partial charge in [-0.1, -0.05) is 99.5 Å². The number of fused-ring (bicyclic) bond motifs is 2. The van der Waals surface area contributed by atoms with Gasteiger partial charge in [0.2, 0.25) is 0 Å². The first-order chi connectivity index (χ1) is 18.6. The maximum absolute atomic E-state index is 2.33. The maximum atomic E-state index is 2.33. The first-order valence-electron chi connectivity index (χ1n) is 14.2. The minimum absolute atomic E-state index is 0. The zero-order valence-electron chi connectivity index (χ0n) is 24.5. The van der Waals surface area contributed by atoms with E-state index in [1.807, 2.05) is 0 Å². The molecule has 0 unspecified atom stereocenters. The summed E-state index contributed by atoms with van der Waals surface area (Å²) in [7, 11) is 0. The van der Waals surface area contributed by atoms with Crippen LogP contribution >= 0.6 is 0 Å². The molecule has 6 aromatic rings. The van der Waals surface area contributed by atoms with E-state index in [0.29, 0.717) is 0 Å². The van der Waals surface area contributed by atoms with Crippen LogP contribution in [0.4, 0.5) is 0 Å². The molecule has 3 heteroatoms. The van der Waals surface area contributed by atoms with Crippen LogP contribution in [0.5, 0.6) is 0 Å². The molecule has 208 valence electrons. The predicted molar refractivity (Wildman–Crippen MR) is 167 cm³/mol. The summed E-state index contributed by atoms with van der Waals surface area (Å²) >= 11 is 0. The summed E-state index contributed by atoms with van der Waals surface area (Å²) in [4.78, 5) is 0. The fourth-order valence-corrected chi connectivity index (χ4v) is 5.35. The fraction of sp³-hybridized carbons (Fsp3) is 0.211. The van der Waals surface area contributed by atoms with Gasteiger partial charge in [0.1, 0.15) is 0 Å². The van der Waals surface area contributed by atoms with Crippen LogP contribution in [0.3, 0.4) is 0 Å². The van der Waals surface area contributed by atoms with E-state index in [4.69, 9.17) is 0 Å². The monoisotopic (exact) mass is 654 g/mol. The molecule has 0 fully saturated rings. The molecule has 0 bridgehead atoms. The second-order valence-electron chi connectivity index (χ2n) is 10.2. The molecule has 0 spiro atoms. The van der Waals surface area contributed by atoms with Crippen molar-refractivity contribution in [1.82, 2.24) is 0 Å².